The summed E-state index contributed by atoms with van der Waals surface area (Å²) in [6.45, 7) is 1.11. The molecular formula is C13H17NOS. The van der Waals surface area contributed by atoms with Gasteiger partial charge in [0.05, 0.1) is 17.7 Å². The monoisotopic (exact) mass is 235 g/mol. The molecule has 0 atom stereocenters. The number of hydrogen-bond acceptors (Lipinski definition) is 3. The molecule has 1 N–H and O–H groups in total. The highest BCUT2D eigenvalue weighted by atomic mass is 32.2. The molecule has 0 unspecified atom stereocenters. The summed E-state index contributed by atoms with van der Waals surface area (Å²) >= 11 is 2.03. The van der Waals surface area contributed by atoms with Crippen molar-refractivity contribution in [2.24, 2.45) is 0 Å². The first-order chi connectivity index (χ1) is 7.83. The summed E-state index contributed by atoms with van der Waals surface area (Å²) < 4.78 is 5.89. The van der Waals surface area contributed by atoms with Gasteiger partial charge in [-0.3, -0.25) is 0 Å². The molecule has 0 radical (unpaired) electrons. The minimum Gasteiger partial charge on any atom is -0.496 e. The van der Waals surface area contributed by atoms with E-state index in [0.717, 1.165) is 12.3 Å². The Hall–Kier alpha value is -0.830. The van der Waals surface area contributed by atoms with E-state index in [0.29, 0.717) is 4.75 Å². The second-order valence-electron chi connectivity index (χ2n) is 4.68. The van der Waals surface area contributed by atoms with E-state index in [9.17, 15) is 0 Å². The first-order valence-corrected chi connectivity index (χ1v) is 6.75. The first kappa shape index (κ1) is 10.3. The molecule has 0 bridgehead atoms. The fraction of sp³-hybridized carbons (Fsp3) is 0.538. The minimum atomic E-state index is 0.432. The van der Waals surface area contributed by atoms with Crippen molar-refractivity contribution in [1.29, 1.82) is 0 Å². The maximum Gasteiger partial charge on any atom is 0.134 e. The van der Waals surface area contributed by atoms with Gasteiger partial charge in [0.1, 0.15) is 5.75 Å². The smallest absolute Gasteiger partial charge is 0.134 e. The van der Waals surface area contributed by atoms with E-state index in [1.807, 2.05) is 11.8 Å². The van der Waals surface area contributed by atoms with Crippen LogP contribution in [0.15, 0.2) is 23.1 Å². The molecule has 0 aromatic heterocycles. The number of benzene rings is 1. The number of anilines is 1. The van der Waals surface area contributed by atoms with Gasteiger partial charge in [-0.25, -0.2) is 0 Å². The van der Waals surface area contributed by atoms with Crippen LogP contribution in [0.2, 0.25) is 0 Å². The van der Waals surface area contributed by atoms with Gasteiger partial charge in [0, 0.05) is 11.3 Å². The topological polar surface area (TPSA) is 21.3 Å². The first-order valence-electron chi connectivity index (χ1n) is 5.93. The van der Waals surface area contributed by atoms with Crippen LogP contribution in [-0.4, -0.2) is 18.4 Å². The molecule has 1 aromatic rings. The molecule has 16 heavy (non-hydrogen) atoms. The van der Waals surface area contributed by atoms with Crippen LogP contribution < -0.4 is 10.1 Å². The molecule has 3 rings (SSSR count). The van der Waals surface area contributed by atoms with Gasteiger partial charge in [0.2, 0.25) is 0 Å². The van der Waals surface area contributed by atoms with Crippen molar-refractivity contribution in [2.75, 3.05) is 19.0 Å². The lowest BCUT2D eigenvalue weighted by atomic mass is 10.1. The number of hydrogen-bond donors (Lipinski definition) is 1. The largest absolute Gasteiger partial charge is 0.496 e. The zero-order chi connectivity index (χ0) is 11.0. The third kappa shape index (κ3) is 1.58. The van der Waals surface area contributed by atoms with Crippen molar-refractivity contribution in [2.45, 2.75) is 35.3 Å². The van der Waals surface area contributed by atoms with Crippen molar-refractivity contribution in [3.8, 4) is 5.75 Å². The Kier molecular flexibility index (Phi) is 2.51. The summed E-state index contributed by atoms with van der Waals surface area (Å²) in [4.78, 5) is 1.30. The predicted molar refractivity (Wildman–Crippen MR) is 68.5 cm³/mol. The number of methoxy groups -OCH3 is 1. The molecule has 1 spiro atoms. The van der Waals surface area contributed by atoms with Gasteiger partial charge >= 0.3 is 0 Å². The Morgan fingerprint density at radius 2 is 2.12 bits per heavy atom. The van der Waals surface area contributed by atoms with E-state index >= 15 is 0 Å². The van der Waals surface area contributed by atoms with Gasteiger partial charge in [-0.1, -0.05) is 18.9 Å². The zero-order valence-electron chi connectivity index (χ0n) is 9.58. The second kappa shape index (κ2) is 3.88. The quantitative estimate of drug-likeness (QED) is 0.804. The third-order valence-electron chi connectivity index (χ3n) is 3.63. The van der Waals surface area contributed by atoms with Crippen LogP contribution in [0.5, 0.6) is 5.75 Å². The van der Waals surface area contributed by atoms with Crippen molar-refractivity contribution >= 4 is 17.4 Å². The Labute approximate surface area is 101 Å². The SMILES string of the molecule is COc1cccc2c1SC1(CCCC1)CN2. The molecule has 1 heterocycles. The number of nitrogens with one attached hydrogen (secondary N) is 1. The average Bonchev–Trinajstić information content (AvgIpc) is 2.77. The van der Waals surface area contributed by atoms with E-state index in [4.69, 9.17) is 4.74 Å². The Morgan fingerprint density at radius 3 is 2.88 bits per heavy atom. The lowest BCUT2D eigenvalue weighted by molar-refractivity contribution is 0.404. The van der Waals surface area contributed by atoms with E-state index in [1.165, 1.54) is 36.3 Å². The number of fused-ring (bicyclic) bond motifs is 1. The molecule has 0 saturated heterocycles. The fourth-order valence-corrected chi connectivity index (χ4v) is 4.30. The second-order valence-corrected chi connectivity index (χ2v) is 6.16. The maximum absolute atomic E-state index is 5.45. The predicted octanol–water partition coefficient (Wildman–Crippen LogP) is 3.53. The Bertz CT molecular complexity index is 385. The Balaban J connectivity index is 1.97. The van der Waals surface area contributed by atoms with Crippen LogP contribution in [0.4, 0.5) is 5.69 Å². The Morgan fingerprint density at radius 1 is 1.31 bits per heavy atom. The summed E-state index contributed by atoms with van der Waals surface area (Å²) in [5, 5.41) is 3.57. The van der Waals surface area contributed by atoms with Crippen LogP contribution in [0.3, 0.4) is 0 Å². The van der Waals surface area contributed by atoms with E-state index in [1.54, 1.807) is 7.11 Å². The van der Waals surface area contributed by atoms with Crippen molar-refractivity contribution < 1.29 is 4.74 Å². The van der Waals surface area contributed by atoms with Gasteiger partial charge < -0.3 is 10.1 Å². The number of thioether (sulfide) groups is 1. The van der Waals surface area contributed by atoms with Gasteiger partial charge in [-0.2, -0.15) is 0 Å². The molecule has 86 valence electrons. The molecule has 3 heteroatoms. The van der Waals surface area contributed by atoms with Crippen LogP contribution in [0, 0.1) is 0 Å². The van der Waals surface area contributed by atoms with Gasteiger partial charge in [0.25, 0.3) is 0 Å². The summed E-state index contributed by atoms with van der Waals surface area (Å²) in [5.74, 6) is 1.01. The third-order valence-corrected chi connectivity index (χ3v) is 5.24. The van der Waals surface area contributed by atoms with Gasteiger partial charge in [0.15, 0.2) is 0 Å². The van der Waals surface area contributed by atoms with E-state index in [-0.39, 0.29) is 0 Å². The zero-order valence-corrected chi connectivity index (χ0v) is 10.4. The number of ether oxygens (including phenoxy) is 1. The minimum absolute atomic E-state index is 0.432. The lowest BCUT2D eigenvalue weighted by Gasteiger charge is -2.35. The highest BCUT2D eigenvalue weighted by molar-refractivity contribution is 8.01. The molecule has 1 aromatic carbocycles. The van der Waals surface area contributed by atoms with Crippen molar-refractivity contribution in [3.63, 3.8) is 0 Å². The molecule has 1 aliphatic carbocycles. The maximum atomic E-state index is 5.45. The standard InChI is InChI=1S/C13H17NOS/c1-15-11-6-4-5-10-12(11)16-13(9-14-10)7-2-3-8-13/h4-6,14H,2-3,7-9H2,1H3. The summed E-state index contributed by atoms with van der Waals surface area (Å²) in [6, 6.07) is 6.26. The molecule has 1 aliphatic heterocycles. The molecular weight excluding hydrogens is 218 g/mol. The van der Waals surface area contributed by atoms with Crippen molar-refractivity contribution in [3.05, 3.63) is 18.2 Å². The molecule has 2 aliphatic rings. The highest BCUT2D eigenvalue weighted by Crippen LogP contribution is 2.52. The number of rotatable bonds is 1. The molecule has 0 amide bonds. The van der Waals surface area contributed by atoms with Crippen LogP contribution in [-0.2, 0) is 0 Å². The average molecular weight is 235 g/mol. The highest BCUT2D eigenvalue weighted by Gasteiger charge is 2.39. The summed E-state index contributed by atoms with van der Waals surface area (Å²) in [6.07, 6.45) is 5.42. The molecule has 2 nitrogen and oxygen atoms in total. The van der Waals surface area contributed by atoms with Crippen LogP contribution in [0.1, 0.15) is 25.7 Å². The van der Waals surface area contributed by atoms with E-state index in [2.05, 4.69) is 23.5 Å². The molecule has 1 fully saturated rings. The lowest BCUT2D eigenvalue weighted by Crippen LogP contribution is -2.33. The molecule has 1 saturated carbocycles. The summed E-state index contributed by atoms with van der Waals surface area (Å²) in [5.41, 5.74) is 1.24. The normalized spacial score (nSPS) is 21.6. The van der Waals surface area contributed by atoms with Gasteiger partial charge in [-0.15, -0.1) is 11.8 Å². The van der Waals surface area contributed by atoms with Crippen LogP contribution in [0.25, 0.3) is 0 Å². The van der Waals surface area contributed by atoms with Gasteiger partial charge in [-0.05, 0) is 25.0 Å². The van der Waals surface area contributed by atoms with Crippen molar-refractivity contribution in [1.82, 2.24) is 0 Å². The fourth-order valence-electron chi connectivity index (χ4n) is 2.73. The van der Waals surface area contributed by atoms with Crippen LogP contribution >= 0.6 is 11.8 Å². The van der Waals surface area contributed by atoms with E-state index < -0.39 is 0 Å². The summed E-state index contributed by atoms with van der Waals surface area (Å²) in [7, 11) is 1.76.